The van der Waals surface area contributed by atoms with E-state index in [1.54, 1.807) is 10.7 Å². The molecule has 3 rings (SSSR count). The Bertz CT molecular complexity index is 609. The Labute approximate surface area is 115 Å². The number of benzene rings is 1. The number of hydrogen-bond acceptors (Lipinski definition) is 5. The molecular weight excluding hydrogens is 261 g/mol. The first-order valence-corrected chi connectivity index (χ1v) is 6.64. The van der Waals surface area contributed by atoms with Crippen LogP contribution >= 0.6 is 0 Å². The van der Waals surface area contributed by atoms with Gasteiger partial charge in [0.05, 0.1) is 17.7 Å². The highest BCUT2D eigenvalue weighted by Gasteiger charge is 2.34. The summed E-state index contributed by atoms with van der Waals surface area (Å²) in [7, 11) is 0. The normalized spacial score (nSPS) is 21.7. The lowest BCUT2D eigenvalue weighted by Gasteiger charge is -2.34. The van der Waals surface area contributed by atoms with Gasteiger partial charge in [0, 0.05) is 12.3 Å². The first-order chi connectivity index (χ1) is 9.69. The molecule has 1 saturated carbocycles. The molecule has 0 amide bonds. The van der Waals surface area contributed by atoms with E-state index in [9.17, 15) is 4.39 Å². The number of ether oxygens (including phenoxy) is 1. The van der Waals surface area contributed by atoms with Crippen molar-refractivity contribution in [3.8, 4) is 11.4 Å². The lowest BCUT2D eigenvalue weighted by atomic mass is 9.89. The van der Waals surface area contributed by atoms with E-state index < -0.39 is 0 Å². The number of halogens is 1. The van der Waals surface area contributed by atoms with Crippen LogP contribution in [-0.2, 0) is 4.74 Å². The lowest BCUT2D eigenvalue weighted by Crippen LogP contribution is -2.34. The molecule has 1 aliphatic rings. The Hall–Kier alpha value is -2.02. The zero-order valence-corrected chi connectivity index (χ0v) is 11.2. The second-order valence-electron chi connectivity index (χ2n) is 4.89. The molecule has 6 nitrogen and oxygen atoms in total. The quantitative estimate of drug-likeness (QED) is 0.862. The second-order valence-corrected chi connectivity index (χ2v) is 4.89. The third-order valence-electron chi connectivity index (χ3n) is 3.54. The number of anilines is 1. The van der Waals surface area contributed by atoms with Gasteiger partial charge in [-0.2, -0.15) is 0 Å². The van der Waals surface area contributed by atoms with Gasteiger partial charge in [-0.3, -0.25) is 0 Å². The predicted octanol–water partition coefficient (Wildman–Crippen LogP) is 1.80. The first kappa shape index (κ1) is 13.0. The molecular formula is C13H16FN5O. The lowest BCUT2D eigenvalue weighted by molar-refractivity contribution is -0.0227. The van der Waals surface area contributed by atoms with Crippen molar-refractivity contribution in [1.29, 1.82) is 0 Å². The third-order valence-corrected chi connectivity index (χ3v) is 3.54. The van der Waals surface area contributed by atoms with Crippen LogP contribution in [0.4, 0.5) is 10.1 Å². The van der Waals surface area contributed by atoms with Crippen molar-refractivity contribution in [3.05, 3.63) is 24.0 Å². The highest BCUT2D eigenvalue weighted by Crippen LogP contribution is 2.36. The number of hydrogen-bond donors (Lipinski definition) is 1. The van der Waals surface area contributed by atoms with Gasteiger partial charge in [0.2, 0.25) is 0 Å². The highest BCUT2D eigenvalue weighted by atomic mass is 19.1. The summed E-state index contributed by atoms with van der Waals surface area (Å²) >= 11 is 0. The molecule has 0 aliphatic heterocycles. The number of nitrogens with two attached hydrogens (primary N) is 1. The summed E-state index contributed by atoms with van der Waals surface area (Å²) in [5, 5.41) is 11.6. The van der Waals surface area contributed by atoms with Crippen LogP contribution in [0.2, 0.25) is 0 Å². The average Bonchev–Trinajstić information content (AvgIpc) is 2.85. The molecule has 0 unspecified atom stereocenters. The van der Waals surface area contributed by atoms with E-state index in [4.69, 9.17) is 10.5 Å². The summed E-state index contributed by atoms with van der Waals surface area (Å²) in [5.74, 6) is 0.0330. The minimum absolute atomic E-state index is 0.150. The van der Waals surface area contributed by atoms with E-state index in [2.05, 4.69) is 15.5 Å². The van der Waals surface area contributed by atoms with Crippen LogP contribution in [0.3, 0.4) is 0 Å². The Morgan fingerprint density at radius 2 is 2.25 bits per heavy atom. The predicted molar refractivity (Wildman–Crippen MR) is 71.3 cm³/mol. The SMILES string of the molecule is CCOC1CC(n2nnnc2-c2cc(N)ccc2F)C1. The van der Waals surface area contributed by atoms with Gasteiger partial charge in [-0.15, -0.1) is 5.10 Å². The zero-order chi connectivity index (χ0) is 14.1. The van der Waals surface area contributed by atoms with E-state index in [0.29, 0.717) is 23.7 Å². The Morgan fingerprint density at radius 3 is 3.00 bits per heavy atom. The summed E-state index contributed by atoms with van der Waals surface area (Å²) in [6, 6.07) is 4.54. The fourth-order valence-corrected chi connectivity index (χ4v) is 2.44. The molecule has 0 bridgehead atoms. The Kier molecular flexibility index (Phi) is 3.35. The number of nitrogen functional groups attached to an aromatic ring is 1. The number of nitrogens with zero attached hydrogens (tertiary/aromatic N) is 4. The maximum absolute atomic E-state index is 13.9. The summed E-state index contributed by atoms with van der Waals surface area (Å²) in [6.07, 6.45) is 1.93. The Morgan fingerprint density at radius 1 is 1.45 bits per heavy atom. The molecule has 7 heteroatoms. The van der Waals surface area contributed by atoms with Crippen LogP contribution in [-0.4, -0.2) is 32.9 Å². The van der Waals surface area contributed by atoms with E-state index in [1.165, 1.54) is 12.1 Å². The van der Waals surface area contributed by atoms with Crippen molar-refractivity contribution in [1.82, 2.24) is 20.2 Å². The molecule has 1 heterocycles. The minimum atomic E-state index is -0.379. The van der Waals surface area contributed by atoms with Crippen molar-refractivity contribution in [2.75, 3.05) is 12.3 Å². The second kappa shape index (κ2) is 5.16. The topological polar surface area (TPSA) is 78.8 Å². The molecule has 0 spiro atoms. The van der Waals surface area contributed by atoms with Gasteiger partial charge in [-0.05, 0) is 48.4 Å². The van der Waals surface area contributed by atoms with Gasteiger partial charge < -0.3 is 10.5 Å². The van der Waals surface area contributed by atoms with Gasteiger partial charge in [0.25, 0.3) is 0 Å². The molecule has 2 N–H and O–H groups in total. The van der Waals surface area contributed by atoms with Gasteiger partial charge in [0.1, 0.15) is 5.82 Å². The van der Waals surface area contributed by atoms with Crippen LogP contribution in [0.25, 0.3) is 11.4 Å². The molecule has 1 aromatic carbocycles. The van der Waals surface area contributed by atoms with Gasteiger partial charge >= 0.3 is 0 Å². The van der Waals surface area contributed by atoms with E-state index in [-0.39, 0.29) is 18.0 Å². The zero-order valence-electron chi connectivity index (χ0n) is 11.2. The Balaban J connectivity index is 1.86. The van der Waals surface area contributed by atoms with Crippen molar-refractivity contribution in [3.63, 3.8) is 0 Å². The maximum atomic E-state index is 13.9. The van der Waals surface area contributed by atoms with Crippen LogP contribution in [0.15, 0.2) is 18.2 Å². The molecule has 20 heavy (non-hydrogen) atoms. The number of tetrazole rings is 1. The molecule has 0 atom stereocenters. The van der Waals surface area contributed by atoms with Crippen molar-refractivity contribution >= 4 is 5.69 Å². The maximum Gasteiger partial charge on any atom is 0.185 e. The van der Waals surface area contributed by atoms with Gasteiger partial charge in [0.15, 0.2) is 5.82 Å². The standard InChI is InChI=1S/C13H16FN5O/c1-2-20-10-6-9(7-10)19-13(16-17-18-19)11-5-8(15)3-4-12(11)14/h3-5,9-10H,2,6-7,15H2,1H3. The van der Waals surface area contributed by atoms with E-state index in [0.717, 1.165) is 12.8 Å². The average molecular weight is 277 g/mol. The molecule has 0 radical (unpaired) electrons. The first-order valence-electron chi connectivity index (χ1n) is 6.64. The molecule has 0 saturated heterocycles. The molecule has 2 aromatic rings. The summed E-state index contributed by atoms with van der Waals surface area (Å²) in [6.45, 7) is 2.67. The third kappa shape index (κ3) is 2.24. The van der Waals surface area contributed by atoms with Crippen molar-refractivity contribution < 1.29 is 9.13 Å². The van der Waals surface area contributed by atoms with Gasteiger partial charge in [-0.1, -0.05) is 0 Å². The molecule has 1 aliphatic carbocycles. The van der Waals surface area contributed by atoms with E-state index in [1.807, 2.05) is 6.92 Å². The minimum Gasteiger partial charge on any atom is -0.399 e. The molecule has 1 fully saturated rings. The fourth-order valence-electron chi connectivity index (χ4n) is 2.44. The summed E-state index contributed by atoms with van der Waals surface area (Å²) < 4.78 is 21.1. The van der Waals surface area contributed by atoms with Crippen molar-refractivity contribution in [2.45, 2.75) is 31.9 Å². The van der Waals surface area contributed by atoms with Crippen LogP contribution in [0.5, 0.6) is 0 Å². The molecule has 106 valence electrons. The summed E-state index contributed by atoms with van der Waals surface area (Å²) in [4.78, 5) is 0. The van der Waals surface area contributed by atoms with Gasteiger partial charge in [-0.25, -0.2) is 9.07 Å². The smallest absolute Gasteiger partial charge is 0.185 e. The largest absolute Gasteiger partial charge is 0.399 e. The van der Waals surface area contributed by atoms with Crippen LogP contribution in [0, 0.1) is 5.82 Å². The summed E-state index contributed by atoms with van der Waals surface area (Å²) in [5.41, 5.74) is 6.52. The fraction of sp³-hybridized carbons (Fsp3) is 0.462. The van der Waals surface area contributed by atoms with E-state index >= 15 is 0 Å². The monoisotopic (exact) mass is 277 g/mol. The number of rotatable bonds is 4. The number of aromatic nitrogens is 4. The highest BCUT2D eigenvalue weighted by molar-refractivity contribution is 5.61. The van der Waals surface area contributed by atoms with Crippen molar-refractivity contribution in [2.24, 2.45) is 0 Å². The van der Waals surface area contributed by atoms with Crippen LogP contribution in [0.1, 0.15) is 25.8 Å². The molecule has 1 aromatic heterocycles. The van der Waals surface area contributed by atoms with Crippen LogP contribution < -0.4 is 5.73 Å².